The fraction of sp³-hybridized carbons (Fsp3) is 0.600. The number of esters is 1. The molecule has 2 fully saturated rings. The van der Waals surface area contributed by atoms with E-state index >= 15 is 0 Å². The van der Waals surface area contributed by atoms with E-state index in [0.717, 1.165) is 35.7 Å². The van der Waals surface area contributed by atoms with Crippen LogP contribution in [0, 0.1) is 23.7 Å². The van der Waals surface area contributed by atoms with Crippen LogP contribution in [-0.4, -0.2) is 37.4 Å². The van der Waals surface area contributed by atoms with Crippen LogP contribution in [0.4, 0.5) is 0 Å². The van der Waals surface area contributed by atoms with E-state index < -0.39 is 12.6 Å². The Hall–Kier alpha value is -2.92. The lowest BCUT2D eigenvalue weighted by Crippen LogP contribution is -2.25. The summed E-state index contributed by atoms with van der Waals surface area (Å²) in [5.74, 6) is 2.67. The monoisotopic (exact) mass is 616 g/mol. The van der Waals surface area contributed by atoms with E-state index in [1.54, 1.807) is 5.56 Å². The summed E-state index contributed by atoms with van der Waals surface area (Å²) in [4.78, 5) is 22.6. The second kappa shape index (κ2) is 18.9. The SMILES string of the molecule is C=C(CO)C(=O)OCC(COC=O)Cc1ccc(CCC2CCC(C3CCC(c4ccc(CCCCC)cc4)CC3)CC2)cc1. The zero-order chi connectivity index (χ0) is 31.9. The summed E-state index contributed by atoms with van der Waals surface area (Å²) >= 11 is 0. The molecule has 246 valence electrons. The highest BCUT2D eigenvalue weighted by Gasteiger charge is 2.31. The number of aryl methyl sites for hydroxylation is 2. The molecule has 0 amide bonds. The molecule has 4 rings (SSSR count). The largest absolute Gasteiger partial charge is 0.467 e. The van der Waals surface area contributed by atoms with E-state index in [4.69, 9.17) is 14.6 Å². The van der Waals surface area contributed by atoms with Crippen molar-refractivity contribution in [1.29, 1.82) is 0 Å². The number of aliphatic hydroxyl groups is 1. The van der Waals surface area contributed by atoms with Gasteiger partial charge < -0.3 is 14.6 Å². The Morgan fingerprint density at radius 3 is 2.07 bits per heavy atom. The highest BCUT2D eigenvalue weighted by atomic mass is 16.5. The van der Waals surface area contributed by atoms with Crippen molar-refractivity contribution in [3.63, 3.8) is 0 Å². The maximum atomic E-state index is 11.9. The van der Waals surface area contributed by atoms with Crippen LogP contribution in [0.15, 0.2) is 60.7 Å². The number of rotatable bonds is 18. The van der Waals surface area contributed by atoms with Gasteiger partial charge in [-0.15, -0.1) is 0 Å². The average molecular weight is 617 g/mol. The number of unbranched alkanes of at least 4 members (excludes halogenated alkanes) is 2. The van der Waals surface area contributed by atoms with Gasteiger partial charge in [-0.25, -0.2) is 4.79 Å². The molecule has 0 spiro atoms. The molecule has 0 radical (unpaired) electrons. The lowest BCUT2D eigenvalue weighted by atomic mass is 9.68. The van der Waals surface area contributed by atoms with E-state index in [-0.39, 0.29) is 24.7 Å². The number of hydrogen-bond donors (Lipinski definition) is 1. The Kier molecular flexibility index (Phi) is 14.7. The minimum Gasteiger partial charge on any atom is -0.467 e. The number of ether oxygens (including phenoxy) is 2. The van der Waals surface area contributed by atoms with Crippen LogP contribution < -0.4 is 0 Å². The van der Waals surface area contributed by atoms with Crippen molar-refractivity contribution in [2.45, 2.75) is 109 Å². The Bertz CT molecular complexity index is 1150. The molecule has 2 aromatic carbocycles. The van der Waals surface area contributed by atoms with E-state index in [1.807, 2.05) is 0 Å². The quantitative estimate of drug-likeness (QED) is 0.0786. The van der Waals surface area contributed by atoms with Gasteiger partial charge in [-0.05, 0) is 117 Å². The second-order valence-corrected chi connectivity index (χ2v) is 13.8. The van der Waals surface area contributed by atoms with Crippen LogP contribution >= 0.6 is 0 Å². The Morgan fingerprint density at radius 2 is 1.44 bits per heavy atom. The first-order valence-corrected chi connectivity index (χ1v) is 17.7. The summed E-state index contributed by atoms with van der Waals surface area (Å²) in [6.07, 6.45) is 19.3. The summed E-state index contributed by atoms with van der Waals surface area (Å²) in [5.41, 5.74) is 5.57. The summed E-state index contributed by atoms with van der Waals surface area (Å²) in [7, 11) is 0. The molecule has 2 saturated carbocycles. The van der Waals surface area contributed by atoms with Crippen molar-refractivity contribution in [2.75, 3.05) is 19.8 Å². The molecule has 1 N–H and O–H groups in total. The lowest BCUT2D eigenvalue weighted by Gasteiger charge is -2.38. The molecule has 2 aliphatic rings. The number of carbonyl (C=O) groups is 2. The normalized spacial score (nSPS) is 22.4. The van der Waals surface area contributed by atoms with Gasteiger partial charge in [-0.3, -0.25) is 4.79 Å². The summed E-state index contributed by atoms with van der Waals surface area (Å²) < 4.78 is 10.2. The van der Waals surface area contributed by atoms with Crippen molar-refractivity contribution in [1.82, 2.24) is 0 Å². The van der Waals surface area contributed by atoms with Crippen molar-refractivity contribution >= 4 is 12.4 Å². The predicted molar refractivity (Wildman–Crippen MR) is 181 cm³/mol. The van der Waals surface area contributed by atoms with Crippen LogP contribution in [0.2, 0.25) is 0 Å². The zero-order valence-corrected chi connectivity index (χ0v) is 27.6. The van der Waals surface area contributed by atoms with E-state index in [1.165, 1.54) is 94.6 Å². The number of benzene rings is 2. The van der Waals surface area contributed by atoms with Crippen molar-refractivity contribution < 1.29 is 24.2 Å². The molecule has 1 atom stereocenters. The molecule has 45 heavy (non-hydrogen) atoms. The molecule has 2 aromatic rings. The van der Waals surface area contributed by atoms with Crippen molar-refractivity contribution in [3.05, 3.63) is 82.9 Å². The standard InChI is InChI=1S/C40H56O5/c1-3-4-5-6-31-13-17-36(18-14-31)38-21-23-39(24-22-38)37-19-15-33(16-20-37)8-7-32-9-11-34(12-10-32)25-35(27-44-29-42)28-45-40(43)30(2)26-41/h9-14,17-18,29,33,35,37-39,41H,2-8,15-16,19-28H2,1H3. The number of carbonyl (C=O) groups excluding carboxylic acids is 2. The van der Waals surface area contributed by atoms with E-state index in [2.05, 4.69) is 62.0 Å². The minimum atomic E-state index is -0.625. The van der Waals surface area contributed by atoms with Crippen LogP contribution in [0.3, 0.4) is 0 Å². The van der Waals surface area contributed by atoms with Gasteiger partial charge in [-0.2, -0.15) is 0 Å². The summed E-state index contributed by atoms with van der Waals surface area (Å²) in [6, 6.07) is 18.3. The van der Waals surface area contributed by atoms with Crippen LogP contribution in [0.25, 0.3) is 0 Å². The summed E-state index contributed by atoms with van der Waals surface area (Å²) in [6.45, 7) is 6.01. The van der Waals surface area contributed by atoms with Gasteiger partial charge >= 0.3 is 5.97 Å². The van der Waals surface area contributed by atoms with Gasteiger partial charge in [0.1, 0.15) is 0 Å². The number of hydrogen-bond acceptors (Lipinski definition) is 5. The van der Waals surface area contributed by atoms with Crippen molar-refractivity contribution in [2.24, 2.45) is 23.7 Å². The fourth-order valence-corrected chi connectivity index (χ4v) is 7.66. The molecule has 0 bridgehead atoms. The molecule has 2 aliphatic carbocycles. The first-order chi connectivity index (χ1) is 22.0. The molecule has 5 nitrogen and oxygen atoms in total. The Morgan fingerprint density at radius 1 is 0.844 bits per heavy atom. The maximum Gasteiger partial charge on any atom is 0.335 e. The van der Waals surface area contributed by atoms with Crippen LogP contribution in [0.5, 0.6) is 0 Å². The Balaban J connectivity index is 1.14. The zero-order valence-electron chi connectivity index (χ0n) is 27.6. The van der Waals surface area contributed by atoms with E-state index in [0.29, 0.717) is 12.9 Å². The molecular weight excluding hydrogens is 560 g/mol. The topological polar surface area (TPSA) is 72.8 Å². The smallest absolute Gasteiger partial charge is 0.335 e. The van der Waals surface area contributed by atoms with Gasteiger partial charge in [0.15, 0.2) is 0 Å². The highest BCUT2D eigenvalue weighted by Crippen LogP contribution is 2.44. The molecule has 0 aromatic heterocycles. The lowest BCUT2D eigenvalue weighted by molar-refractivity contribution is -0.142. The maximum absolute atomic E-state index is 11.9. The first kappa shape index (κ1) is 34.9. The number of aliphatic hydroxyl groups excluding tert-OH is 1. The van der Waals surface area contributed by atoms with Gasteiger partial charge in [-0.1, -0.05) is 87.7 Å². The van der Waals surface area contributed by atoms with Gasteiger partial charge in [0, 0.05) is 5.92 Å². The second-order valence-electron chi connectivity index (χ2n) is 13.8. The van der Waals surface area contributed by atoms with Crippen LogP contribution in [0.1, 0.15) is 112 Å². The average Bonchev–Trinajstić information content (AvgIpc) is 3.09. The van der Waals surface area contributed by atoms with E-state index in [9.17, 15) is 9.59 Å². The predicted octanol–water partition coefficient (Wildman–Crippen LogP) is 8.56. The van der Waals surface area contributed by atoms with Crippen molar-refractivity contribution in [3.8, 4) is 0 Å². The molecule has 0 aliphatic heterocycles. The third-order valence-electron chi connectivity index (χ3n) is 10.6. The summed E-state index contributed by atoms with van der Waals surface area (Å²) in [5, 5.41) is 9.06. The van der Waals surface area contributed by atoms with Gasteiger partial charge in [0.05, 0.1) is 25.4 Å². The molecular formula is C40H56O5. The fourth-order valence-electron chi connectivity index (χ4n) is 7.66. The molecule has 0 heterocycles. The minimum absolute atomic E-state index is 0.0140. The third-order valence-corrected chi connectivity index (χ3v) is 10.6. The third kappa shape index (κ3) is 11.4. The molecule has 5 heteroatoms. The molecule has 0 saturated heterocycles. The Labute approximate surface area is 271 Å². The van der Waals surface area contributed by atoms with Gasteiger partial charge in [0.2, 0.25) is 0 Å². The molecule has 1 unspecified atom stereocenters. The van der Waals surface area contributed by atoms with Crippen LogP contribution in [-0.2, 0) is 38.3 Å². The highest BCUT2D eigenvalue weighted by molar-refractivity contribution is 5.87. The van der Waals surface area contributed by atoms with Gasteiger partial charge in [0.25, 0.3) is 6.47 Å². The first-order valence-electron chi connectivity index (χ1n) is 17.7.